The first-order valence-electron chi connectivity index (χ1n) is 11.4. The van der Waals surface area contributed by atoms with E-state index >= 15 is 0 Å². The van der Waals surface area contributed by atoms with Crippen LogP contribution >= 0.6 is 0 Å². The second-order valence-corrected chi connectivity index (χ2v) is 8.85. The number of ether oxygens (including phenoxy) is 1. The molecule has 1 unspecified atom stereocenters. The molecule has 0 bridgehead atoms. The van der Waals surface area contributed by atoms with Gasteiger partial charge < -0.3 is 4.74 Å². The Bertz CT molecular complexity index is 1310. The Morgan fingerprint density at radius 1 is 1.12 bits per heavy atom. The van der Waals surface area contributed by atoms with Gasteiger partial charge in [0, 0.05) is 42.6 Å². The monoisotopic (exact) mass is 448 g/mol. The molecule has 1 fully saturated rings. The zero-order valence-electron chi connectivity index (χ0n) is 19.5. The minimum atomic E-state index is -0.318. The number of hydrogen-bond donors (Lipinski definition) is 0. The Morgan fingerprint density at radius 2 is 1.97 bits per heavy atom. The van der Waals surface area contributed by atoms with E-state index in [0.29, 0.717) is 18.8 Å². The summed E-state index contributed by atoms with van der Waals surface area (Å²) in [6.45, 7) is 5.56. The SMILES string of the molecule is Cc1nn(C)c(C)c1CCOc1cc(F)ccc1-c1ccc2nnc(C3CCCN3C)n2c1. The number of aryl methyl sites for hydroxylation is 2. The Hall–Kier alpha value is -3.26. The van der Waals surface area contributed by atoms with E-state index in [1.165, 1.54) is 17.7 Å². The van der Waals surface area contributed by atoms with Gasteiger partial charge in [0.1, 0.15) is 11.6 Å². The summed E-state index contributed by atoms with van der Waals surface area (Å²) in [4.78, 5) is 2.32. The van der Waals surface area contributed by atoms with Crippen LogP contribution in [-0.2, 0) is 13.5 Å². The molecule has 8 heteroatoms. The largest absolute Gasteiger partial charge is 0.492 e. The van der Waals surface area contributed by atoms with Gasteiger partial charge in [-0.25, -0.2) is 4.39 Å². The van der Waals surface area contributed by atoms with E-state index in [0.717, 1.165) is 53.4 Å². The summed E-state index contributed by atoms with van der Waals surface area (Å²) in [6, 6.07) is 8.90. The van der Waals surface area contributed by atoms with Crippen molar-refractivity contribution in [2.24, 2.45) is 7.05 Å². The van der Waals surface area contributed by atoms with Gasteiger partial charge in [0.05, 0.1) is 18.3 Å². The van der Waals surface area contributed by atoms with Crippen LogP contribution in [0.25, 0.3) is 16.8 Å². The molecule has 5 rings (SSSR count). The standard InChI is InChI=1S/C25H29FN6O/c1-16-20(17(2)31(4)29-16)11-13-33-23-14-19(26)8-9-21(23)18-7-10-24-27-28-25(32(24)15-18)22-6-5-12-30(22)3/h7-10,14-15,22H,5-6,11-13H2,1-4H3. The lowest BCUT2D eigenvalue weighted by atomic mass is 10.1. The molecule has 7 nitrogen and oxygen atoms in total. The molecule has 1 atom stereocenters. The first-order valence-corrected chi connectivity index (χ1v) is 11.4. The summed E-state index contributed by atoms with van der Waals surface area (Å²) in [5.74, 6) is 1.15. The van der Waals surface area contributed by atoms with Gasteiger partial charge in [-0.05, 0) is 70.1 Å². The average Bonchev–Trinajstić information content (AvgIpc) is 3.46. The van der Waals surface area contributed by atoms with Gasteiger partial charge in [-0.3, -0.25) is 14.0 Å². The van der Waals surface area contributed by atoms with Crippen molar-refractivity contribution in [3.8, 4) is 16.9 Å². The number of aromatic nitrogens is 5. The highest BCUT2D eigenvalue weighted by Crippen LogP contribution is 2.33. The summed E-state index contributed by atoms with van der Waals surface area (Å²) in [6.07, 6.45) is 4.97. The number of nitrogens with zero attached hydrogens (tertiary/aromatic N) is 6. The molecular weight excluding hydrogens is 419 g/mol. The maximum absolute atomic E-state index is 14.1. The highest BCUT2D eigenvalue weighted by molar-refractivity contribution is 5.71. The van der Waals surface area contributed by atoms with Crippen LogP contribution in [0, 0.1) is 19.7 Å². The Kier molecular flexibility index (Phi) is 5.62. The van der Waals surface area contributed by atoms with Crippen molar-refractivity contribution in [3.05, 3.63) is 65.1 Å². The molecule has 33 heavy (non-hydrogen) atoms. The van der Waals surface area contributed by atoms with Gasteiger partial charge in [0.15, 0.2) is 11.5 Å². The maximum atomic E-state index is 14.1. The Morgan fingerprint density at radius 3 is 2.70 bits per heavy atom. The maximum Gasteiger partial charge on any atom is 0.160 e. The lowest BCUT2D eigenvalue weighted by molar-refractivity contribution is 0.304. The van der Waals surface area contributed by atoms with E-state index in [4.69, 9.17) is 4.74 Å². The van der Waals surface area contributed by atoms with Crippen LogP contribution in [0.3, 0.4) is 0 Å². The average molecular weight is 449 g/mol. The highest BCUT2D eigenvalue weighted by atomic mass is 19.1. The molecule has 172 valence electrons. The first kappa shape index (κ1) is 21.6. The third-order valence-corrected chi connectivity index (χ3v) is 6.77. The van der Waals surface area contributed by atoms with Crippen LogP contribution in [-0.4, -0.2) is 49.5 Å². The van der Waals surface area contributed by atoms with E-state index in [1.54, 1.807) is 6.07 Å². The summed E-state index contributed by atoms with van der Waals surface area (Å²) in [7, 11) is 4.07. The molecule has 0 aliphatic carbocycles. The van der Waals surface area contributed by atoms with Crippen molar-refractivity contribution in [3.63, 3.8) is 0 Å². The fourth-order valence-corrected chi connectivity index (χ4v) is 4.83. The quantitative estimate of drug-likeness (QED) is 0.441. The molecule has 0 N–H and O–H groups in total. The number of hydrogen-bond acceptors (Lipinski definition) is 5. The summed E-state index contributed by atoms with van der Waals surface area (Å²) in [5, 5.41) is 13.3. The van der Waals surface area contributed by atoms with Crippen LogP contribution < -0.4 is 4.74 Å². The zero-order valence-corrected chi connectivity index (χ0v) is 19.5. The second kappa shape index (κ2) is 8.59. The van der Waals surface area contributed by atoms with E-state index in [2.05, 4.69) is 38.6 Å². The topological polar surface area (TPSA) is 60.5 Å². The van der Waals surface area contributed by atoms with Gasteiger partial charge in [0.25, 0.3) is 0 Å². The number of halogens is 1. The van der Waals surface area contributed by atoms with E-state index < -0.39 is 0 Å². The number of pyridine rings is 1. The smallest absolute Gasteiger partial charge is 0.160 e. The fraction of sp³-hybridized carbons (Fsp3) is 0.400. The molecule has 1 aliphatic heterocycles. The number of fused-ring (bicyclic) bond motifs is 1. The third kappa shape index (κ3) is 3.99. The molecule has 4 aromatic rings. The molecule has 0 spiro atoms. The van der Waals surface area contributed by atoms with E-state index in [1.807, 2.05) is 37.0 Å². The van der Waals surface area contributed by atoms with Crippen LogP contribution in [0.15, 0.2) is 36.5 Å². The number of benzene rings is 1. The fourth-order valence-electron chi connectivity index (χ4n) is 4.83. The first-order chi connectivity index (χ1) is 15.9. The molecule has 3 aromatic heterocycles. The van der Waals surface area contributed by atoms with Gasteiger partial charge in [-0.1, -0.05) is 0 Å². The van der Waals surface area contributed by atoms with Crippen LogP contribution in [0.4, 0.5) is 4.39 Å². The number of likely N-dealkylation sites (tertiary alicyclic amines) is 1. The highest BCUT2D eigenvalue weighted by Gasteiger charge is 2.27. The lowest BCUT2D eigenvalue weighted by Gasteiger charge is -2.18. The van der Waals surface area contributed by atoms with Crippen LogP contribution in [0.2, 0.25) is 0 Å². The molecule has 0 amide bonds. The molecular formula is C25H29FN6O. The van der Waals surface area contributed by atoms with Crippen LogP contribution in [0.1, 0.15) is 41.7 Å². The summed E-state index contributed by atoms with van der Waals surface area (Å²) < 4.78 is 24.2. The lowest BCUT2D eigenvalue weighted by Crippen LogP contribution is -2.19. The zero-order chi connectivity index (χ0) is 23.1. The molecule has 0 saturated carbocycles. The third-order valence-electron chi connectivity index (χ3n) is 6.77. The van der Waals surface area contributed by atoms with Crippen molar-refractivity contribution >= 4 is 5.65 Å². The summed E-state index contributed by atoms with van der Waals surface area (Å²) >= 11 is 0. The van der Waals surface area contributed by atoms with Crippen molar-refractivity contribution in [2.45, 2.75) is 39.2 Å². The van der Waals surface area contributed by atoms with Gasteiger partial charge in [-0.2, -0.15) is 5.10 Å². The van der Waals surface area contributed by atoms with Gasteiger partial charge in [0.2, 0.25) is 0 Å². The minimum absolute atomic E-state index is 0.255. The summed E-state index contributed by atoms with van der Waals surface area (Å²) in [5.41, 5.74) is 5.89. The second-order valence-electron chi connectivity index (χ2n) is 8.85. The molecule has 0 radical (unpaired) electrons. The van der Waals surface area contributed by atoms with E-state index in [9.17, 15) is 4.39 Å². The van der Waals surface area contributed by atoms with Crippen LogP contribution in [0.5, 0.6) is 5.75 Å². The molecule has 4 heterocycles. The van der Waals surface area contributed by atoms with Crippen molar-refractivity contribution in [1.29, 1.82) is 0 Å². The number of rotatable bonds is 6. The van der Waals surface area contributed by atoms with Crippen molar-refractivity contribution < 1.29 is 9.13 Å². The predicted molar refractivity (Wildman–Crippen MR) is 125 cm³/mol. The predicted octanol–water partition coefficient (Wildman–Crippen LogP) is 4.27. The Labute approximate surface area is 192 Å². The van der Waals surface area contributed by atoms with E-state index in [-0.39, 0.29) is 11.9 Å². The van der Waals surface area contributed by atoms with Gasteiger partial charge in [-0.15, -0.1) is 10.2 Å². The normalized spacial score (nSPS) is 16.7. The Balaban J connectivity index is 1.44. The van der Waals surface area contributed by atoms with Gasteiger partial charge >= 0.3 is 0 Å². The molecule has 1 aliphatic rings. The van der Waals surface area contributed by atoms with Crippen molar-refractivity contribution in [1.82, 2.24) is 29.3 Å². The molecule has 1 aromatic carbocycles. The minimum Gasteiger partial charge on any atom is -0.492 e. The molecule has 1 saturated heterocycles. The van der Waals surface area contributed by atoms with Crippen molar-refractivity contribution in [2.75, 3.05) is 20.2 Å².